The van der Waals surface area contributed by atoms with Gasteiger partial charge in [0.1, 0.15) is 17.2 Å². The van der Waals surface area contributed by atoms with Gasteiger partial charge in [0.05, 0.1) is 30.0 Å². The van der Waals surface area contributed by atoms with Crippen molar-refractivity contribution in [1.82, 2.24) is 14.5 Å². The average molecular weight is 655 g/mol. The van der Waals surface area contributed by atoms with Gasteiger partial charge in [-0.1, -0.05) is 20.8 Å². The molecule has 11 heteroatoms. The number of carbonyl (C=O) groups excluding carboxylic acids is 1. The molecule has 2 aromatic carbocycles. The first-order valence-corrected chi connectivity index (χ1v) is 19.1. The normalized spacial score (nSPS) is 14.9. The quantitative estimate of drug-likeness (QED) is 0.171. The van der Waals surface area contributed by atoms with Crippen LogP contribution >= 0.6 is 0 Å². The number of methoxy groups -OCH3 is 1. The highest BCUT2D eigenvalue weighted by atomic mass is 28.4. The molecule has 1 aliphatic rings. The predicted molar refractivity (Wildman–Crippen MR) is 185 cm³/mol. The molecular weight excluding hydrogens is 603 g/mol. The Hall–Kier alpha value is -3.44. The number of fused-ring (bicyclic) bond motifs is 1. The van der Waals surface area contributed by atoms with E-state index in [1.807, 2.05) is 37.8 Å². The molecule has 1 saturated heterocycles. The molecule has 46 heavy (non-hydrogen) atoms. The molecule has 4 rings (SSSR count). The van der Waals surface area contributed by atoms with E-state index in [4.69, 9.17) is 13.9 Å². The highest BCUT2D eigenvalue weighted by Crippen LogP contribution is 2.37. The summed E-state index contributed by atoms with van der Waals surface area (Å²) in [4.78, 5) is 34.7. The van der Waals surface area contributed by atoms with Crippen LogP contribution in [0.5, 0.6) is 5.75 Å². The monoisotopic (exact) mass is 654 g/mol. The number of piperidine rings is 1. The summed E-state index contributed by atoms with van der Waals surface area (Å²) in [7, 11) is -0.386. The van der Waals surface area contributed by atoms with E-state index < -0.39 is 13.9 Å². The molecule has 0 aliphatic carbocycles. The van der Waals surface area contributed by atoms with Crippen LogP contribution in [0.2, 0.25) is 18.1 Å². The Bertz CT molecular complexity index is 1600. The first-order chi connectivity index (χ1) is 21.4. The predicted octanol–water partition coefficient (Wildman–Crippen LogP) is 7.97. The zero-order valence-electron chi connectivity index (χ0n) is 29.2. The van der Waals surface area contributed by atoms with Gasteiger partial charge >= 0.3 is 6.09 Å². The van der Waals surface area contributed by atoms with Crippen LogP contribution in [-0.2, 0) is 9.16 Å². The maximum atomic E-state index is 15.8. The van der Waals surface area contributed by atoms with Crippen molar-refractivity contribution < 1.29 is 23.1 Å². The van der Waals surface area contributed by atoms with E-state index in [2.05, 4.69) is 38.8 Å². The van der Waals surface area contributed by atoms with Crippen LogP contribution < -0.4 is 15.2 Å². The summed E-state index contributed by atoms with van der Waals surface area (Å²) in [6, 6.07) is 8.76. The van der Waals surface area contributed by atoms with Crippen LogP contribution in [0, 0.1) is 12.7 Å². The number of hydrogen-bond acceptors (Lipinski definition) is 7. The molecule has 9 nitrogen and oxygen atoms in total. The summed E-state index contributed by atoms with van der Waals surface area (Å²) >= 11 is 0. The number of ether oxygens (including phenoxy) is 2. The molecule has 0 unspecified atom stereocenters. The van der Waals surface area contributed by atoms with Gasteiger partial charge in [0.15, 0.2) is 8.32 Å². The summed E-state index contributed by atoms with van der Waals surface area (Å²) in [6.45, 7) is 20.3. The van der Waals surface area contributed by atoms with E-state index in [1.165, 1.54) is 0 Å². The highest BCUT2D eigenvalue weighted by molar-refractivity contribution is 6.74. The lowest BCUT2D eigenvalue weighted by Crippen LogP contribution is -2.43. The van der Waals surface area contributed by atoms with Crippen molar-refractivity contribution in [1.29, 1.82) is 0 Å². The van der Waals surface area contributed by atoms with Crippen molar-refractivity contribution in [2.24, 2.45) is 0 Å². The molecule has 1 aromatic heterocycles. The number of hydrogen-bond donors (Lipinski definition) is 0. The molecule has 252 valence electrons. The molecule has 0 atom stereocenters. The Balaban J connectivity index is 1.64. The van der Waals surface area contributed by atoms with Gasteiger partial charge in [-0.05, 0) is 94.9 Å². The second kappa shape index (κ2) is 13.7. The third kappa shape index (κ3) is 8.09. The second-order valence-electron chi connectivity index (χ2n) is 14.7. The van der Waals surface area contributed by atoms with Crippen molar-refractivity contribution in [3.8, 4) is 5.75 Å². The number of carbonyl (C=O) groups is 1. The largest absolute Gasteiger partial charge is 0.497 e. The first-order valence-electron chi connectivity index (χ1n) is 16.2. The minimum Gasteiger partial charge on any atom is -0.497 e. The number of halogens is 1. The lowest BCUT2D eigenvalue weighted by Gasteiger charge is -2.36. The van der Waals surface area contributed by atoms with Gasteiger partial charge in [0.25, 0.3) is 5.56 Å². The fourth-order valence-electron chi connectivity index (χ4n) is 5.39. The van der Waals surface area contributed by atoms with Gasteiger partial charge in [-0.15, -0.1) is 0 Å². The number of aryl methyl sites for hydroxylation is 1. The number of aromatic nitrogens is 2. The van der Waals surface area contributed by atoms with Crippen molar-refractivity contribution >= 4 is 36.7 Å². The van der Waals surface area contributed by atoms with E-state index >= 15 is 4.39 Å². The molecule has 1 fully saturated rings. The van der Waals surface area contributed by atoms with Gasteiger partial charge < -0.3 is 23.7 Å². The molecule has 2 heterocycles. The molecule has 1 amide bonds. The number of benzene rings is 2. The fourth-order valence-corrected chi connectivity index (χ4v) is 6.48. The van der Waals surface area contributed by atoms with Crippen LogP contribution in [0.3, 0.4) is 0 Å². The lowest BCUT2D eigenvalue weighted by atomic mass is 10.0. The third-order valence-electron chi connectivity index (χ3n) is 9.12. The van der Waals surface area contributed by atoms with Crippen LogP contribution in [0.15, 0.2) is 41.5 Å². The molecule has 0 N–H and O–H groups in total. The van der Waals surface area contributed by atoms with Gasteiger partial charge in [0, 0.05) is 44.0 Å². The summed E-state index contributed by atoms with van der Waals surface area (Å²) in [5.41, 5.74) is 1.37. The van der Waals surface area contributed by atoms with Crippen molar-refractivity contribution in [2.75, 3.05) is 38.3 Å². The Morgan fingerprint density at radius 2 is 1.76 bits per heavy atom. The number of likely N-dealkylation sites (tertiary alicyclic amines) is 1. The third-order valence-corrected chi connectivity index (χ3v) is 13.7. The van der Waals surface area contributed by atoms with Gasteiger partial charge in [-0.3, -0.25) is 9.36 Å². The van der Waals surface area contributed by atoms with Crippen LogP contribution in [0.4, 0.5) is 20.6 Å². The Labute approximate surface area is 273 Å². The zero-order valence-corrected chi connectivity index (χ0v) is 30.2. The van der Waals surface area contributed by atoms with Gasteiger partial charge in [0.2, 0.25) is 0 Å². The minimum atomic E-state index is -1.95. The number of anilines is 2. The summed E-state index contributed by atoms with van der Waals surface area (Å²) in [5.74, 6) is 0.213. The molecule has 0 radical (unpaired) electrons. The van der Waals surface area contributed by atoms with E-state index in [9.17, 15) is 9.59 Å². The summed E-state index contributed by atoms with van der Waals surface area (Å²) in [5, 5.41) is 0.539. The van der Waals surface area contributed by atoms with Crippen LogP contribution in [0.1, 0.15) is 72.4 Å². The molecule has 3 aromatic rings. The van der Waals surface area contributed by atoms with Crippen molar-refractivity contribution in [2.45, 2.75) is 97.5 Å². The molecule has 1 aliphatic heterocycles. The zero-order chi connectivity index (χ0) is 34.0. The van der Waals surface area contributed by atoms with E-state index in [0.717, 1.165) is 0 Å². The minimum absolute atomic E-state index is 0.0836. The lowest BCUT2D eigenvalue weighted by molar-refractivity contribution is 0.0187. The highest BCUT2D eigenvalue weighted by Gasteiger charge is 2.37. The smallest absolute Gasteiger partial charge is 0.410 e. The Morgan fingerprint density at radius 1 is 1.09 bits per heavy atom. The average Bonchev–Trinajstić information content (AvgIpc) is 2.97. The number of amides is 1. The standard InChI is InChI=1S/C35H51FN4O5Si/c1-24-20-27(43-8)22-30(31(24)36)39(16-11-19-44-46(9,10)35(5,6)7)26-12-13-29-28(21-26)32(41)40(23-37-29)25-14-17-38(18-15-25)33(42)45-34(2,3)4/h12-13,20-23,25H,11,14-19H2,1-10H3. The molecule has 0 spiro atoms. The number of rotatable bonds is 9. The van der Waals surface area contributed by atoms with Gasteiger partial charge in [-0.25, -0.2) is 14.2 Å². The fraction of sp³-hybridized carbons (Fsp3) is 0.571. The SMILES string of the molecule is COc1cc(C)c(F)c(N(CCCO[Si](C)(C)C(C)(C)C)c2ccc3ncn(C4CCN(C(=O)OC(C)(C)C)CC4)c(=O)c3c2)c1. The van der Waals surface area contributed by atoms with E-state index in [0.29, 0.717) is 79.1 Å². The Morgan fingerprint density at radius 3 is 2.37 bits per heavy atom. The summed E-state index contributed by atoms with van der Waals surface area (Å²) in [6.07, 6.45) is 3.14. The topological polar surface area (TPSA) is 86.1 Å². The molecule has 0 bridgehead atoms. The maximum Gasteiger partial charge on any atom is 0.410 e. The first kappa shape index (κ1) is 35.4. The van der Waals surface area contributed by atoms with Crippen LogP contribution in [0.25, 0.3) is 10.9 Å². The van der Waals surface area contributed by atoms with E-state index in [1.54, 1.807) is 48.0 Å². The second-order valence-corrected chi connectivity index (χ2v) is 19.6. The maximum absolute atomic E-state index is 15.8. The van der Waals surface area contributed by atoms with Crippen LogP contribution in [-0.4, -0.2) is 67.8 Å². The summed E-state index contributed by atoms with van der Waals surface area (Å²) < 4.78 is 34.9. The van der Waals surface area contributed by atoms with Gasteiger partial charge in [-0.2, -0.15) is 0 Å². The number of nitrogens with zero attached hydrogens (tertiary/aromatic N) is 4. The van der Waals surface area contributed by atoms with Crippen molar-refractivity contribution in [3.05, 3.63) is 58.4 Å². The van der Waals surface area contributed by atoms with E-state index in [-0.39, 0.29) is 28.5 Å². The molecular formula is C35H51FN4O5Si. The molecule has 0 saturated carbocycles. The van der Waals surface area contributed by atoms with Crippen molar-refractivity contribution in [3.63, 3.8) is 0 Å². The Kier molecular flexibility index (Phi) is 10.6.